The number of aromatic nitrogens is 2. The minimum Gasteiger partial charge on any atom is -0.382 e. The summed E-state index contributed by atoms with van der Waals surface area (Å²) >= 11 is 0. The number of nitrogens with zero attached hydrogens (tertiary/aromatic N) is 2. The zero-order valence-electron chi connectivity index (χ0n) is 13.8. The quantitative estimate of drug-likeness (QED) is 0.630. The van der Waals surface area contributed by atoms with E-state index in [4.69, 9.17) is 10.5 Å². The van der Waals surface area contributed by atoms with Gasteiger partial charge in [-0.25, -0.2) is 22.9 Å². The largest absolute Gasteiger partial charge is 0.382 e. The van der Waals surface area contributed by atoms with Crippen molar-refractivity contribution >= 4 is 21.9 Å². The first kappa shape index (κ1) is 18.7. The van der Waals surface area contributed by atoms with Crippen molar-refractivity contribution in [1.29, 1.82) is 0 Å². The fraction of sp³-hybridized carbons (Fsp3) is 0.333. The van der Waals surface area contributed by atoms with Crippen LogP contribution in [0, 0.1) is 0 Å². The van der Waals surface area contributed by atoms with Gasteiger partial charge in [0.1, 0.15) is 18.2 Å². The van der Waals surface area contributed by atoms with Crippen molar-refractivity contribution in [2.75, 3.05) is 18.9 Å². The van der Waals surface area contributed by atoms with E-state index < -0.39 is 16.1 Å². The third-order valence-electron chi connectivity index (χ3n) is 3.23. The summed E-state index contributed by atoms with van der Waals surface area (Å²) in [5.41, 5.74) is 5.66. The van der Waals surface area contributed by atoms with E-state index in [9.17, 15) is 13.2 Å². The Kier molecular flexibility index (Phi) is 6.37. The molecule has 2 rings (SSSR count). The second-order valence-corrected chi connectivity index (χ2v) is 6.77. The molecule has 1 aromatic carbocycles. The highest BCUT2D eigenvalue weighted by Gasteiger charge is 2.16. The molecular formula is C15H21N5O4S. The molecule has 0 aliphatic heterocycles. The third-order valence-corrected chi connectivity index (χ3v) is 4.58. The molecular weight excluding hydrogens is 346 g/mol. The van der Waals surface area contributed by atoms with Crippen molar-refractivity contribution < 1.29 is 17.9 Å². The molecule has 0 saturated carbocycles. The van der Waals surface area contributed by atoms with Crippen LogP contribution in [0.5, 0.6) is 0 Å². The summed E-state index contributed by atoms with van der Waals surface area (Å²) in [5.74, 6) is 0.990. The number of urea groups is 1. The Hall–Kier alpha value is -2.59. The molecule has 1 heterocycles. The van der Waals surface area contributed by atoms with Gasteiger partial charge < -0.3 is 20.4 Å². The molecule has 0 atom stereocenters. The van der Waals surface area contributed by atoms with Gasteiger partial charge in [-0.3, -0.25) is 0 Å². The number of anilines is 1. The number of carbonyl (C=O) groups excluding carboxylic acids is 1. The highest BCUT2D eigenvalue weighted by atomic mass is 32.2. The van der Waals surface area contributed by atoms with Gasteiger partial charge in [-0.05, 0) is 19.1 Å². The number of nitrogens with two attached hydrogens (primary N) is 1. The van der Waals surface area contributed by atoms with Crippen LogP contribution in [-0.4, -0.2) is 37.2 Å². The Morgan fingerprint density at radius 1 is 1.32 bits per heavy atom. The molecule has 4 N–H and O–H groups in total. The maximum Gasteiger partial charge on any atom is 0.328 e. The van der Waals surface area contributed by atoms with Gasteiger partial charge in [0.25, 0.3) is 10.0 Å². The summed E-state index contributed by atoms with van der Waals surface area (Å²) in [6.45, 7) is 3.30. The lowest BCUT2D eigenvalue weighted by atomic mass is 10.4. The topological polar surface area (TPSA) is 128 Å². The van der Waals surface area contributed by atoms with Gasteiger partial charge in [0, 0.05) is 25.9 Å². The van der Waals surface area contributed by atoms with E-state index in [2.05, 4.69) is 10.3 Å². The molecule has 0 fully saturated rings. The van der Waals surface area contributed by atoms with Crippen LogP contribution in [0.4, 0.5) is 10.6 Å². The Labute approximate surface area is 146 Å². The number of ether oxygens (including phenoxy) is 1. The van der Waals surface area contributed by atoms with Gasteiger partial charge in [-0.1, -0.05) is 18.2 Å². The average molecular weight is 367 g/mol. The molecule has 0 bridgehead atoms. The van der Waals surface area contributed by atoms with Crippen molar-refractivity contribution in [3.05, 3.63) is 42.4 Å². The molecule has 136 valence electrons. The molecule has 1 aromatic heterocycles. The predicted molar refractivity (Wildman–Crippen MR) is 92.1 cm³/mol. The van der Waals surface area contributed by atoms with Crippen molar-refractivity contribution in [3.8, 4) is 0 Å². The van der Waals surface area contributed by atoms with Crippen LogP contribution in [0.2, 0.25) is 0 Å². The Bertz CT molecular complexity index is 805. The number of benzene rings is 1. The monoisotopic (exact) mass is 367 g/mol. The van der Waals surface area contributed by atoms with Crippen molar-refractivity contribution in [2.45, 2.75) is 25.0 Å². The van der Waals surface area contributed by atoms with E-state index in [1.807, 2.05) is 11.6 Å². The van der Waals surface area contributed by atoms with Gasteiger partial charge in [-0.15, -0.1) is 0 Å². The highest BCUT2D eigenvalue weighted by molar-refractivity contribution is 7.90. The molecule has 25 heavy (non-hydrogen) atoms. The van der Waals surface area contributed by atoms with Crippen molar-refractivity contribution in [2.24, 2.45) is 0 Å². The SMILES string of the molecule is CCOCc1nc(N)cn1CCNC(=O)NS(=O)(=O)c1ccccc1. The number of sulfonamides is 1. The molecule has 2 amide bonds. The zero-order valence-corrected chi connectivity index (χ0v) is 14.6. The molecule has 0 aliphatic rings. The summed E-state index contributed by atoms with van der Waals surface area (Å²) < 4.78 is 33.1. The maximum atomic E-state index is 12.0. The Balaban J connectivity index is 1.87. The summed E-state index contributed by atoms with van der Waals surface area (Å²) in [4.78, 5) is 16.0. The maximum absolute atomic E-state index is 12.0. The van der Waals surface area contributed by atoms with Crippen LogP contribution in [0.15, 0.2) is 41.4 Å². The van der Waals surface area contributed by atoms with Crippen LogP contribution >= 0.6 is 0 Å². The lowest BCUT2D eigenvalue weighted by Crippen LogP contribution is -2.40. The number of nitrogen functional groups attached to an aromatic ring is 1. The molecule has 0 unspecified atom stereocenters. The van der Waals surface area contributed by atoms with E-state index in [0.717, 1.165) is 0 Å². The van der Waals surface area contributed by atoms with Gasteiger partial charge in [0.15, 0.2) is 0 Å². The molecule has 10 heteroatoms. The number of hydrogen-bond donors (Lipinski definition) is 3. The first-order valence-electron chi connectivity index (χ1n) is 7.67. The third kappa shape index (κ3) is 5.47. The molecule has 0 aliphatic carbocycles. The smallest absolute Gasteiger partial charge is 0.328 e. The van der Waals surface area contributed by atoms with Gasteiger partial charge >= 0.3 is 6.03 Å². The molecule has 0 saturated heterocycles. The van der Waals surface area contributed by atoms with Gasteiger partial charge in [0.2, 0.25) is 0 Å². The summed E-state index contributed by atoms with van der Waals surface area (Å²) in [7, 11) is -3.89. The van der Waals surface area contributed by atoms with E-state index in [1.54, 1.807) is 29.0 Å². The Morgan fingerprint density at radius 2 is 2.04 bits per heavy atom. The molecule has 2 aromatic rings. The minimum atomic E-state index is -3.89. The van der Waals surface area contributed by atoms with Crippen LogP contribution in [0.3, 0.4) is 0 Å². The lowest BCUT2D eigenvalue weighted by molar-refractivity contribution is 0.125. The molecule has 0 spiro atoms. The predicted octanol–water partition coefficient (Wildman–Crippen LogP) is 0.690. The normalized spacial score (nSPS) is 11.2. The summed E-state index contributed by atoms with van der Waals surface area (Å²) in [6.07, 6.45) is 1.63. The second kappa shape index (κ2) is 8.49. The number of rotatable bonds is 8. The van der Waals surface area contributed by atoms with Crippen LogP contribution in [-0.2, 0) is 27.9 Å². The van der Waals surface area contributed by atoms with Crippen molar-refractivity contribution in [3.63, 3.8) is 0 Å². The van der Waals surface area contributed by atoms with Crippen LogP contribution < -0.4 is 15.8 Å². The van der Waals surface area contributed by atoms with Gasteiger partial charge in [-0.2, -0.15) is 0 Å². The fourth-order valence-electron chi connectivity index (χ4n) is 2.09. The molecule has 0 radical (unpaired) electrons. The first-order valence-corrected chi connectivity index (χ1v) is 9.15. The van der Waals surface area contributed by atoms with Crippen LogP contribution in [0.1, 0.15) is 12.7 Å². The second-order valence-electron chi connectivity index (χ2n) is 5.09. The van der Waals surface area contributed by atoms with Gasteiger partial charge in [0.05, 0.1) is 4.90 Å². The highest BCUT2D eigenvalue weighted by Crippen LogP contribution is 2.07. The number of amides is 2. The summed E-state index contributed by atoms with van der Waals surface area (Å²) in [5, 5.41) is 2.49. The van der Waals surface area contributed by atoms with E-state index in [1.165, 1.54) is 12.1 Å². The fourth-order valence-corrected chi connectivity index (χ4v) is 3.03. The number of imidazole rings is 1. The number of hydrogen-bond acceptors (Lipinski definition) is 6. The first-order chi connectivity index (χ1) is 11.9. The Morgan fingerprint density at radius 3 is 2.72 bits per heavy atom. The molecule has 9 nitrogen and oxygen atoms in total. The number of nitrogens with one attached hydrogen (secondary N) is 2. The van der Waals surface area contributed by atoms with Crippen LogP contribution in [0.25, 0.3) is 0 Å². The van der Waals surface area contributed by atoms with E-state index in [0.29, 0.717) is 31.4 Å². The lowest BCUT2D eigenvalue weighted by Gasteiger charge is -2.10. The zero-order chi connectivity index (χ0) is 18.3. The standard InChI is InChI=1S/C15H21N5O4S/c1-2-24-11-14-18-13(16)10-20(14)9-8-17-15(21)19-25(22,23)12-6-4-3-5-7-12/h3-7,10H,2,8-9,11,16H2,1H3,(H2,17,19,21). The van der Waals surface area contributed by atoms with Crippen molar-refractivity contribution in [1.82, 2.24) is 19.6 Å². The van der Waals surface area contributed by atoms with E-state index in [-0.39, 0.29) is 11.4 Å². The van der Waals surface area contributed by atoms with E-state index >= 15 is 0 Å². The number of carbonyl (C=O) groups is 1. The minimum absolute atomic E-state index is 0.0199. The summed E-state index contributed by atoms with van der Waals surface area (Å²) in [6, 6.07) is 6.86. The average Bonchev–Trinajstić information content (AvgIpc) is 2.93.